The average Bonchev–Trinajstić information content (AvgIpc) is 2.49. The molecular formula is C18H13ClFN. The Morgan fingerprint density at radius 2 is 1.52 bits per heavy atom. The zero-order valence-electron chi connectivity index (χ0n) is 11.5. The highest BCUT2D eigenvalue weighted by Gasteiger charge is 2.06. The van der Waals surface area contributed by atoms with Crippen molar-refractivity contribution in [3.63, 3.8) is 0 Å². The Balaban J connectivity index is 1.99. The number of rotatable bonds is 2. The van der Waals surface area contributed by atoms with Crippen LogP contribution in [-0.4, -0.2) is 4.98 Å². The van der Waals surface area contributed by atoms with Crippen LogP contribution < -0.4 is 0 Å². The second kappa shape index (κ2) is 5.66. The number of hydrogen-bond donors (Lipinski definition) is 0. The smallest absolute Gasteiger partial charge is 0.123 e. The number of aromatic nitrogens is 1. The van der Waals surface area contributed by atoms with E-state index in [1.807, 2.05) is 43.5 Å². The first-order chi connectivity index (χ1) is 10.1. The molecule has 0 saturated carbocycles. The molecule has 0 saturated heterocycles. The van der Waals surface area contributed by atoms with Crippen LogP contribution >= 0.6 is 11.6 Å². The van der Waals surface area contributed by atoms with Crippen LogP contribution in [0.1, 0.15) is 5.56 Å². The van der Waals surface area contributed by atoms with Gasteiger partial charge in [-0.05, 0) is 48.4 Å². The summed E-state index contributed by atoms with van der Waals surface area (Å²) in [4.78, 5) is 4.50. The summed E-state index contributed by atoms with van der Waals surface area (Å²) in [5.74, 6) is -0.234. The Morgan fingerprint density at radius 1 is 0.905 bits per heavy atom. The third-order valence-electron chi connectivity index (χ3n) is 3.41. The van der Waals surface area contributed by atoms with Gasteiger partial charge in [-0.3, -0.25) is 4.98 Å². The fraction of sp³-hybridized carbons (Fsp3) is 0.0556. The number of pyridine rings is 1. The molecule has 0 aliphatic rings. The summed E-state index contributed by atoms with van der Waals surface area (Å²) in [6.45, 7) is 2.03. The van der Waals surface area contributed by atoms with Crippen molar-refractivity contribution in [2.45, 2.75) is 6.92 Å². The SMILES string of the molecule is Cc1cc(-c2ccc(Cl)cc2)ncc1-c1ccc(F)cc1. The minimum absolute atomic E-state index is 0.234. The summed E-state index contributed by atoms with van der Waals surface area (Å²) >= 11 is 5.90. The van der Waals surface area contributed by atoms with Crippen molar-refractivity contribution in [2.75, 3.05) is 0 Å². The summed E-state index contributed by atoms with van der Waals surface area (Å²) in [6.07, 6.45) is 1.83. The topological polar surface area (TPSA) is 12.9 Å². The van der Waals surface area contributed by atoms with E-state index >= 15 is 0 Å². The van der Waals surface area contributed by atoms with Crippen molar-refractivity contribution < 1.29 is 4.39 Å². The molecular weight excluding hydrogens is 285 g/mol. The van der Waals surface area contributed by atoms with Gasteiger partial charge in [0.25, 0.3) is 0 Å². The first-order valence-corrected chi connectivity index (χ1v) is 7.00. The molecule has 1 heterocycles. The molecule has 1 nitrogen and oxygen atoms in total. The van der Waals surface area contributed by atoms with E-state index in [1.165, 1.54) is 12.1 Å². The Hall–Kier alpha value is -2.19. The lowest BCUT2D eigenvalue weighted by molar-refractivity contribution is 0.628. The number of halogens is 2. The third-order valence-corrected chi connectivity index (χ3v) is 3.66. The van der Waals surface area contributed by atoms with Crippen LogP contribution in [0.3, 0.4) is 0 Å². The molecule has 0 spiro atoms. The number of hydrogen-bond acceptors (Lipinski definition) is 1. The lowest BCUT2D eigenvalue weighted by Gasteiger charge is -2.08. The molecule has 0 unspecified atom stereocenters. The molecule has 104 valence electrons. The summed E-state index contributed by atoms with van der Waals surface area (Å²) < 4.78 is 13.0. The number of nitrogens with zero attached hydrogens (tertiary/aromatic N) is 1. The van der Waals surface area contributed by atoms with Crippen LogP contribution in [0.15, 0.2) is 60.8 Å². The van der Waals surface area contributed by atoms with Crippen molar-refractivity contribution in [3.8, 4) is 22.4 Å². The van der Waals surface area contributed by atoms with Crippen LogP contribution in [0, 0.1) is 12.7 Å². The Morgan fingerprint density at radius 3 is 2.14 bits per heavy atom. The first kappa shape index (κ1) is 13.8. The molecule has 0 aliphatic carbocycles. The molecule has 0 fully saturated rings. The van der Waals surface area contributed by atoms with E-state index in [0.717, 1.165) is 27.9 Å². The largest absolute Gasteiger partial charge is 0.256 e. The second-order valence-corrected chi connectivity index (χ2v) is 5.33. The van der Waals surface area contributed by atoms with Crippen LogP contribution in [0.5, 0.6) is 0 Å². The fourth-order valence-electron chi connectivity index (χ4n) is 2.27. The molecule has 0 aliphatic heterocycles. The normalized spacial score (nSPS) is 10.6. The van der Waals surface area contributed by atoms with E-state index in [2.05, 4.69) is 4.98 Å². The maximum Gasteiger partial charge on any atom is 0.123 e. The molecule has 3 rings (SSSR count). The van der Waals surface area contributed by atoms with Crippen molar-refractivity contribution in [2.24, 2.45) is 0 Å². The van der Waals surface area contributed by atoms with Gasteiger partial charge in [0.15, 0.2) is 0 Å². The highest BCUT2D eigenvalue weighted by atomic mass is 35.5. The lowest BCUT2D eigenvalue weighted by Crippen LogP contribution is -1.90. The van der Waals surface area contributed by atoms with Gasteiger partial charge in [0.1, 0.15) is 5.82 Å². The summed E-state index contributed by atoms with van der Waals surface area (Å²) in [5, 5.41) is 0.707. The minimum Gasteiger partial charge on any atom is -0.256 e. The summed E-state index contributed by atoms with van der Waals surface area (Å²) in [5.41, 5.74) is 4.99. The molecule has 3 aromatic rings. The van der Waals surface area contributed by atoms with Gasteiger partial charge in [-0.25, -0.2) is 4.39 Å². The quantitative estimate of drug-likeness (QED) is 0.607. The monoisotopic (exact) mass is 297 g/mol. The maximum atomic E-state index is 13.0. The van der Waals surface area contributed by atoms with Crippen LogP contribution in [0.2, 0.25) is 5.02 Å². The third kappa shape index (κ3) is 2.96. The van der Waals surface area contributed by atoms with E-state index in [1.54, 1.807) is 12.1 Å². The molecule has 0 atom stereocenters. The zero-order chi connectivity index (χ0) is 14.8. The van der Waals surface area contributed by atoms with Crippen molar-refractivity contribution in [3.05, 3.63) is 77.2 Å². The molecule has 3 heteroatoms. The Labute approximate surface area is 128 Å². The van der Waals surface area contributed by atoms with Gasteiger partial charge in [-0.15, -0.1) is 0 Å². The van der Waals surface area contributed by atoms with Gasteiger partial charge in [0.2, 0.25) is 0 Å². The standard InChI is InChI=1S/C18H13ClFN/c1-12-10-18(14-2-6-15(19)7-3-14)21-11-17(12)13-4-8-16(20)9-5-13/h2-11H,1H3. The zero-order valence-corrected chi connectivity index (χ0v) is 12.2. The van der Waals surface area contributed by atoms with Gasteiger partial charge in [-0.2, -0.15) is 0 Å². The van der Waals surface area contributed by atoms with E-state index in [4.69, 9.17) is 11.6 Å². The van der Waals surface area contributed by atoms with Gasteiger partial charge in [0, 0.05) is 22.3 Å². The van der Waals surface area contributed by atoms with Crippen LogP contribution in [0.4, 0.5) is 4.39 Å². The number of aryl methyl sites for hydroxylation is 1. The molecule has 0 bridgehead atoms. The minimum atomic E-state index is -0.234. The van der Waals surface area contributed by atoms with Crippen LogP contribution in [0.25, 0.3) is 22.4 Å². The van der Waals surface area contributed by atoms with Crippen LogP contribution in [-0.2, 0) is 0 Å². The van der Waals surface area contributed by atoms with E-state index in [9.17, 15) is 4.39 Å². The van der Waals surface area contributed by atoms with Crippen molar-refractivity contribution in [1.29, 1.82) is 0 Å². The second-order valence-electron chi connectivity index (χ2n) is 4.90. The highest BCUT2D eigenvalue weighted by Crippen LogP contribution is 2.27. The molecule has 0 amide bonds. The average molecular weight is 298 g/mol. The van der Waals surface area contributed by atoms with Gasteiger partial charge in [0.05, 0.1) is 5.69 Å². The van der Waals surface area contributed by atoms with E-state index in [0.29, 0.717) is 5.02 Å². The van der Waals surface area contributed by atoms with E-state index < -0.39 is 0 Å². The summed E-state index contributed by atoms with van der Waals surface area (Å²) in [7, 11) is 0. The molecule has 2 aromatic carbocycles. The van der Waals surface area contributed by atoms with Gasteiger partial charge in [-0.1, -0.05) is 35.9 Å². The molecule has 0 radical (unpaired) electrons. The highest BCUT2D eigenvalue weighted by molar-refractivity contribution is 6.30. The first-order valence-electron chi connectivity index (χ1n) is 6.62. The van der Waals surface area contributed by atoms with Gasteiger partial charge >= 0.3 is 0 Å². The Kier molecular flexibility index (Phi) is 3.72. The molecule has 0 N–H and O–H groups in total. The number of benzene rings is 2. The molecule has 1 aromatic heterocycles. The maximum absolute atomic E-state index is 13.0. The molecule has 21 heavy (non-hydrogen) atoms. The summed E-state index contributed by atoms with van der Waals surface area (Å²) in [6, 6.07) is 16.1. The predicted molar refractivity (Wildman–Crippen MR) is 84.8 cm³/mol. The van der Waals surface area contributed by atoms with Crippen molar-refractivity contribution >= 4 is 11.6 Å². The van der Waals surface area contributed by atoms with E-state index in [-0.39, 0.29) is 5.82 Å². The predicted octanol–water partition coefficient (Wildman–Crippen LogP) is 5.52. The van der Waals surface area contributed by atoms with Crippen molar-refractivity contribution in [1.82, 2.24) is 4.98 Å². The fourth-order valence-corrected chi connectivity index (χ4v) is 2.39. The van der Waals surface area contributed by atoms with Gasteiger partial charge < -0.3 is 0 Å². The lowest BCUT2D eigenvalue weighted by atomic mass is 10.0. The Bertz CT molecular complexity index is 764.